The highest BCUT2D eigenvalue weighted by Gasteiger charge is 2.19. The van der Waals surface area contributed by atoms with E-state index in [0.717, 1.165) is 43.1 Å². The Morgan fingerprint density at radius 3 is 2.78 bits per heavy atom. The largest absolute Gasteiger partial charge is 0.294 e. The quantitative estimate of drug-likeness (QED) is 0.553. The molecule has 0 radical (unpaired) electrons. The SMILES string of the molecule is c1cncc(-c2ncc3c(n2)CCN(Cc2cccc4ccccc24)C3)c1. The Morgan fingerprint density at radius 2 is 1.85 bits per heavy atom. The highest BCUT2D eigenvalue weighted by Crippen LogP contribution is 2.24. The summed E-state index contributed by atoms with van der Waals surface area (Å²) in [5.41, 5.74) is 4.75. The molecule has 0 amide bonds. The third kappa shape index (κ3) is 3.20. The van der Waals surface area contributed by atoms with Gasteiger partial charge in [-0.15, -0.1) is 0 Å². The van der Waals surface area contributed by atoms with Crippen molar-refractivity contribution in [1.29, 1.82) is 0 Å². The van der Waals surface area contributed by atoms with Gasteiger partial charge in [0, 0.05) is 55.8 Å². The van der Waals surface area contributed by atoms with Crippen LogP contribution >= 0.6 is 0 Å². The lowest BCUT2D eigenvalue weighted by Gasteiger charge is -2.28. The van der Waals surface area contributed by atoms with Crippen LogP contribution in [-0.4, -0.2) is 26.4 Å². The monoisotopic (exact) mass is 352 g/mol. The minimum atomic E-state index is 0.768. The van der Waals surface area contributed by atoms with E-state index in [-0.39, 0.29) is 0 Å². The van der Waals surface area contributed by atoms with Gasteiger partial charge in [0.05, 0.1) is 5.69 Å². The summed E-state index contributed by atoms with van der Waals surface area (Å²) in [5, 5.41) is 2.64. The molecule has 4 nitrogen and oxygen atoms in total. The number of aromatic nitrogens is 3. The number of rotatable bonds is 3. The van der Waals surface area contributed by atoms with Gasteiger partial charge in [-0.3, -0.25) is 9.88 Å². The molecule has 1 aliphatic heterocycles. The summed E-state index contributed by atoms with van der Waals surface area (Å²) in [7, 11) is 0. The highest BCUT2D eigenvalue weighted by molar-refractivity contribution is 5.85. The minimum Gasteiger partial charge on any atom is -0.294 e. The van der Waals surface area contributed by atoms with Crippen LogP contribution in [0.15, 0.2) is 73.2 Å². The van der Waals surface area contributed by atoms with Crippen LogP contribution in [0.1, 0.15) is 16.8 Å². The van der Waals surface area contributed by atoms with Crippen LogP contribution in [0, 0.1) is 0 Å². The summed E-state index contributed by atoms with van der Waals surface area (Å²) in [6, 6.07) is 19.1. The fourth-order valence-electron chi connectivity index (χ4n) is 3.81. The molecule has 2 aromatic carbocycles. The van der Waals surface area contributed by atoms with Crippen molar-refractivity contribution in [3.05, 3.63) is 90.0 Å². The van der Waals surface area contributed by atoms with E-state index >= 15 is 0 Å². The molecule has 0 fully saturated rings. The Morgan fingerprint density at radius 1 is 0.926 bits per heavy atom. The van der Waals surface area contributed by atoms with E-state index in [4.69, 9.17) is 4.98 Å². The molecule has 0 bridgehead atoms. The minimum absolute atomic E-state index is 0.768. The first-order valence-electron chi connectivity index (χ1n) is 9.31. The van der Waals surface area contributed by atoms with Gasteiger partial charge in [-0.25, -0.2) is 9.97 Å². The van der Waals surface area contributed by atoms with E-state index in [2.05, 4.69) is 57.3 Å². The molecule has 0 saturated heterocycles. The number of hydrogen-bond acceptors (Lipinski definition) is 4. The van der Waals surface area contributed by atoms with Crippen molar-refractivity contribution in [3.8, 4) is 11.4 Å². The number of fused-ring (bicyclic) bond motifs is 2. The molecule has 3 heterocycles. The fraction of sp³-hybridized carbons (Fsp3) is 0.174. The second kappa shape index (κ2) is 6.89. The van der Waals surface area contributed by atoms with Crippen LogP contribution in [0.3, 0.4) is 0 Å². The van der Waals surface area contributed by atoms with Gasteiger partial charge in [-0.2, -0.15) is 0 Å². The molecule has 0 atom stereocenters. The maximum absolute atomic E-state index is 4.80. The van der Waals surface area contributed by atoms with Crippen LogP contribution in [0.4, 0.5) is 0 Å². The zero-order chi connectivity index (χ0) is 18.1. The van der Waals surface area contributed by atoms with Crippen molar-refractivity contribution in [1.82, 2.24) is 19.9 Å². The third-order valence-corrected chi connectivity index (χ3v) is 5.21. The fourth-order valence-corrected chi connectivity index (χ4v) is 3.81. The maximum atomic E-state index is 4.80. The van der Waals surface area contributed by atoms with Gasteiger partial charge in [0.15, 0.2) is 5.82 Å². The van der Waals surface area contributed by atoms with Gasteiger partial charge < -0.3 is 0 Å². The van der Waals surface area contributed by atoms with Crippen LogP contribution in [0.5, 0.6) is 0 Å². The molecule has 132 valence electrons. The predicted molar refractivity (Wildman–Crippen MR) is 107 cm³/mol. The number of pyridine rings is 1. The van der Waals surface area contributed by atoms with E-state index in [0.29, 0.717) is 0 Å². The second-order valence-electron chi connectivity index (χ2n) is 7.01. The summed E-state index contributed by atoms with van der Waals surface area (Å²) < 4.78 is 0. The number of nitrogens with zero attached hydrogens (tertiary/aromatic N) is 4. The molecule has 0 unspecified atom stereocenters. The van der Waals surface area contributed by atoms with E-state index in [1.54, 1.807) is 6.20 Å². The first-order valence-corrected chi connectivity index (χ1v) is 9.31. The lowest BCUT2D eigenvalue weighted by molar-refractivity contribution is 0.244. The second-order valence-corrected chi connectivity index (χ2v) is 7.01. The molecule has 1 aliphatic rings. The summed E-state index contributed by atoms with van der Waals surface area (Å²) in [4.78, 5) is 16.0. The van der Waals surface area contributed by atoms with Crippen molar-refractivity contribution in [2.24, 2.45) is 0 Å². The molecule has 2 aromatic heterocycles. The first kappa shape index (κ1) is 16.1. The molecule has 4 heteroatoms. The van der Waals surface area contributed by atoms with Crippen LogP contribution < -0.4 is 0 Å². The first-order chi connectivity index (χ1) is 13.4. The van der Waals surface area contributed by atoms with Crippen molar-refractivity contribution < 1.29 is 0 Å². The lowest BCUT2D eigenvalue weighted by Crippen LogP contribution is -2.31. The van der Waals surface area contributed by atoms with Gasteiger partial charge >= 0.3 is 0 Å². The molecular formula is C23H20N4. The standard InChI is InChI=1S/C23H20N4/c1-2-9-21-17(5-1)6-3-7-19(21)15-27-12-10-22-20(16-27)14-25-23(26-22)18-8-4-11-24-13-18/h1-9,11,13-14H,10,12,15-16H2. The predicted octanol–water partition coefficient (Wildman–Crippen LogP) is 4.25. The van der Waals surface area contributed by atoms with Crippen LogP contribution in [0.25, 0.3) is 22.2 Å². The number of benzene rings is 2. The Hall–Kier alpha value is -3.11. The summed E-state index contributed by atoms with van der Waals surface area (Å²) in [6.45, 7) is 2.86. The van der Waals surface area contributed by atoms with Crippen LogP contribution in [0.2, 0.25) is 0 Å². The van der Waals surface area contributed by atoms with Crippen LogP contribution in [-0.2, 0) is 19.5 Å². The van der Waals surface area contributed by atoms with E-state index in [9.17, 15) is 0 Å². The van der Waals surface area contributed by atoms with Gasteiger partial charge in [0.25, 0.3) is 0 Å². The third-order valence-electron chi connectivity index (χ3n) is 5.21. The average Bonchev–Trinajstić information content (AvgIpc) is 2.74. The summed E-state index contributed by atoms with van der Waals surface area (Å²) in [6.07, 6.45) is 6.53. The lowest BCUT2D eigenvalue weighted by atomic mass is 10.0. The Bertz CT molecular complexity index is 1090. The molecule has 0 aliphatic carbocycles. The molecule has 0 saturated carbocycles. The van der Waals surface area contributed by atoms with Crippen molar-refractivity contribution in [2.45, 2.75) is 19.5 Å². The Kier molecular flexibility index (Phi) is 4.11. The van der Waals surface area contributed by atoms with Crippen molar-refractivity contribution in [3.63, 3.8) is 0 Å². The molecule has 0 N–H and O–H groups in total. The summed E-state index contributed by atoms with van der Waals surface area (Å²) in [5.74, 6) is 0.768. The highest BCUT2D eigenvalue weighted by atomic mass is 15.1. The molecule has 5 rings (SSSR count). The van der Waals surface area contributed by atoms with Gasteiger partial charge in [0.1, 0.15) is 0 Å². The zero-order valence-corrected chi connectivity index (χ0v) is 15.0. The average molecular weight is 352 g/mol. The Balaban J connectivity index is 1.38. The van der Waals surface area contributed by atoms with Gasteiger partial charge in [-0.1, -0.05) is 42.5 Å². The Labute approximate surface area is 158 Å². The maximum Gasteiger partial charge on any atom is 0.160 e. The summed E-state index contributed by atoms with van der Waals surface area (Å²) >= 11 is 0. The van der Waals surface area contributed by atoms with Gasteiger partial charge in [-0.05, 0) is 28.5 Å². The van der Waals surface area contributed by atoms with Crippen molar-refractivity contribution in [2.75, 3.05) is 6.54 Å². The molecule has 0 spiro atoms. The van der Waals surface area contributed by atoms with E-state index in [1.807, 2.05) is 24.5 Å². The molecule has 4 aromatic rings. The van der Waals surface area contributed by atoms with E-state index < -0.39 is 0 Å². The molecular weight excluding hydrogens is 332 g/mol. The van der Waals surface area contributed by atoms with Gasteiger partial charge in [0.2, 0.25) is 0 Å². The normalized spacial score (nSPS) is 14.2. The topological polar surface area (TPSA) is 41.9 Å². The smallest absolute Gasteiger partial charge is 0.160 e. The van der Waals surface area contributed by atoms with E-state index in [1.165, 1.54) is 21.9 Å². The molecule has 27 heavy (non-hydrogen) atoms. The van der Waals surface area contributed by atoms with Crippen molar-refractivity contribution >= 4 is 10.8 Å². The number of hydrogen-bond donors (Lipinski definition) is 0. The zero-order valence-electron chi connectivity index (χ0n) is 15.0.